The molecular weight excluding hydrogens is 267 g/mol. The minimum absolute atomic E-state index is 0.414. The second kappa shape index (κ2) is 4.45. The SMILES string of the molecule is N#Cc1ncc(CC2CC3(CNC3)C2)cc1C(F)(F)F. The van der Waals surface area contributed by atoms with Crippen molar-refractivity contribution >= 4 is 0 Å². The summed E-state index contributed by atoms with van der Waals surface area (Å²) in [7, 11) is 0. The van der Waals surface area contributed by atoms with Crippen LogP contribution in [0.2, 0.25) is 0 Å². The molecule has 0 aromatic carbocycles. The highest BCUT2D eigenvalue weighted by Crippen LogP contribution is 2.49. The van der Waals surface area contributed by atoms with Gasteiger partial charge in [-0.1, -0.05) is 0 Å². The fraction of sp³-hybridized carbons (Fsp3) is 0.571. The zero-order valence-electron chi connectivity index (χ0n) is 10.8. The maximum absolute atomic E-state index is 12.8. The summed E-state index contributed by atoms with van der Waals surface area (Å²) in [4.78, 5) is 3.65. The Labute approximate surface area is 114 Å². The van der Waals surface area contributed by atoms with Crippen LogP contribution in [0.5, 0.6) is 0 Å². The van der Waals surface area contributed by atoms with Gasteiger partial charge in [0, 0.05) is 19.3 Å². The fourth-order valence-electron chi connectivity index (χ4n) is 3.33. The van der Waals surface area contributed by atoms with Gasteiger partial charge in [-0.3, -0.25) is 0 Å². The number of hydrogen-bond acceptors (Lipinski definition) is 3. The lowest BCUT2D eigenvalue weighted by Crippen LogP contribution is -2.60. The van der Waals surface area contributed by atoms with Gasteiger partial charge in [-0.2, -0.15) is 18.4 Å². The van der Waals surface area contributed by atoms with E-state index >= 15 is 0 Å². The molecule has 1 aromatic heterocycles. The Morgan fingerprint density at radius 3 is 2.60 bits per heavy atom. The lowest BCUT2D eigenvalue weighted by atomic mass is 9.57. The molecule has 3 nitrogen and oxygen atoms in total. The third-order valence-corrected chi connectivity index (χ3v) is 4.32. The summed E-state index contributed by atoms with van der Waals surface area (Å²) in [5.41, 5.74) is -0.479. The first kappa shape index (κ1) is 13.4. The van der Waals surface area contributed by atoms with E-state index in [4.69, 9.17) is 5.26 Å². The number of rotatable bonds is 2. The second-order valence-electron chi connectivity index (χ2n) is 5.93. The van der Waals surface area contributed by atoms with Gasteiger partial charge >= 0.3 is 6.18 Å². The first-order valence-electron chi connectivity index (χ1n) is 6.59. The number of nitrogens with zero attached hydrogens (tertiary/aromatic N) is 2. The molecule has 3 rings (SSSR count). The van der Waals surface area contributed by atoms with Crippen molar-refractivity contribution < 1.29 is 13.2 Å². The lowest BCUT2D eigenvalue weighted by molar-refractivity contribution is -0.138. The van der Waals surface area contributed by atoms with E-state index in [9.17, 15) is 13.2 Å². The third kappa shape index (κ3) is 2.27. The molecule has 0 radical (unpaired) electrons. The van der Waals surface area contributed by atoms with Gasteiger partial charge in [0.2, 0.25) is 0 Å². The molecular formula is C14H14F3N3. The first-order valence-corrected chi connectivity index (χ1v) is 6.59. The van der Waals surface area contributed by atoms with Crippen LogP contribution in [-0.4, -0.2) is 18.1 Å². The number of pyridine rings is 1. The lowest BCUT2D eigenvalue weighted by Gasteiger charge is -2.54. The summed E-state index contributed by atoms with van der Waals surface area (Å²) in [6.45, 7) is 2.06. The predicted molar refractivity (Wildman–Crippen MR) is 65.7 cm³/mol. The van der Waals surface area contributed by atoms with Gasteiger partial charge in [-0.15, -0.1) is 0 Å². The summed E-state index contributed by atoms with van der Waals surface area (Å²) >= 11 is 0. The van der Waals surface area contributed by atoms with Crippen LogP contribution in [0.15, 0.2) is 12.3 Å². The number of alkyl halides is 3. The minimum atomic E-state index is -4.52. The topological polar surface area (TPSA) is 48.7 Å². The first-order chi connectivity index (χ1) is 9.42. The molecule has 0 bridgehead atoms. The highest BCUT2D eigenvalue weighted by molar-refractivity contribution is 5.36. The maximum atomic E-state index is 12.8. The van der Waals surface area contributed by atoms with Crippen LogP contribution in [0, 0.1) is 22.7 Å². The third-order valence-electron chi connectivity index (χ3n) is 4.32. The van der Waals surface area contributed by atoms with Gasteiger partial charge in [-0.05, 0) is 42.2 Å². The Balaban J connectivity index is 1.73. The van der Waals surface area contributed by atoms with Crippen molar-refractivity contribution in [3.63, 3.8) is 0 Å². The Morgan fingerprint density at radius 2 is 2.10 bits per heavy atom. The Bertz CT molecular complexity index is 562. The summed E-state index contributed by atoms with van der Waals surface area (Å²) < 4.78 is 38.5. The molecule has 0 unspecified atom stereocenters. The summed E-state index contributed by atoms with van der Waals surface area (Å²) in [5.74, 6) is 0.438. The van der Waals surface area contributed by atoms with Crippen LogP contribution in [0.3, 0.4) is 0 Å². The Kier molecular flexibility index (Phi) is 2.98. The molecule has 1 aromatic rings. The molecule has 20 heavy (non-hydrogen) atoms. The van der Waals surface area contributed by atoms with Crippen molar-refractivity contribution in [1.29, 1.82) is 5.26 Å². The molecule has 1 spiro atoms. The standard InChI is InChI=1S/C14H14F3N3/c15-14(16,17)11-2-9(6-20-12(11)5-18)1-10-3-13(4-10)7-19-8-13/h2,6,10,19H,1,3-4,7-8H2. The average Bonchev–Trinajstić information content (AvgIpc) is 2.29. The summed E-state index contributed by atoms with van der Waals surface area (Å²) in [5, 5.41) is 11.9. The van der Waals surface area contributed by atoms with Gasteiger partial charge in [0.25, 0.3) is 0 Å². The number of nitrogens with one attached hydrogen (secondary N) is 1. The van der Waals surface area contributed by atoms with Crippen LogP contribution < -0.4 is 5.32 Å². The zero-order chi connectivity index (χ0) is 14.4. The van der Waals surface area contributed by atoms with Crippen molar-refractivity contribution in [2.75, 3.05) is 13.1 Å². The van der Waals surface area contributed by atoms with Crippen molar-refractivity contribution in [1.82, 2.24) is 10.3 Å². The quantitative estimate of drug-likeness (QED) is 0.906. The summed E-state index contributed by atoms with van der Waals surface area (Å²) in [6, 6.07) is 2.58. The van der Waals surface area contributed by atoms with E-state index in [2.05, 4.69) is 10.3 Å². The molecule has 2 fully saturated rings. The highest BCUT2D eigenvalue weighted by Gasteiger charge is 2.48. The van der Waals surface area contributed by atoms with Crippen molar-refractivity contribution in [2.24, 2.45) is 11.3 Å². The van der Waals surface area contributed by atoms with Crippen LogP contribution in [0.4, 0.5) is 13.2 Å². The molecule has 1 aliphatic carbocycles. The van der Waals surface area contributed by atoms with Gasteiger partial charge in [-0.25, -0.2) is 4.98 Å². The molecule has 6 heteroatoms. The van der Waals surface area contributed by atoms with Gasteiger partial charge < -0.3 is 5.32 Å². The smallest absolute Gasteiger partial charge is 0.316 e. The molecule has 1 N–H and O–H groups in total. The fourth-order valence-corrected chi connectivity index (χ4v) is 3.33. The Hall–Kier alpha value is -1.61. The van der Waals surface area contributed by atoms with E-state index in [1.165, 1.54) is 12.3 Å². The molecule has 1 aliphatic heterocycles. The van der Waals surface area contributed by atoms with Gasteiger partial charge in [0.15, 0.2) is 5.69 Å². The number of halogens is 3. The minimum Gasteiger partial charge on any atom is -0.316 e. The number of aromatic nitrogens is 1. The summed E-state index contributed by atoms with van der Waals surface area (Å²) in [6.07, 6.45) is -0.364. The van der Waals surface area contributed by atoms with Crippen molar-refractivity contribution in [2.45, 2.75) is 25.4 Å². The van der Waals surface area contributed by atoms with Crippen LogP contribution in [0.1, 0.15) is 29.7 Å². The molecule has 0 atom stereocenters. The molecule has 2 aliphatic rings. The van der Waals surface area contributed by atoms with Crippen molar-refractivity contribution in [3.05, 3.63) is 29.1 Å². The predicted octanol–water partition coefficient (Wildman–Crippen LogP) is 2.51. The second-order valence-corrected chi connectivity index (χ2v) is 5.93. The zero-order valence-corrected chi connectivity index (χ0v) is 10.8. The van der Waals surface area contributed by atoms with Crippen LogP contribution in [0.25, 0.3) is 0 Å². The van der Waals surface area contributed by atoms with E-state index < -0.39 is 17.4 Å². The van der Waals surface area contributed by atoms with Crippen LogP contribution in [-0.2, 0) is 12.6 Å². The van der Waals surface area contributed by atoms with E-state index in [0.29, 0.717) is 23.3 Å². The van der Waals surface area contributed by atoms with Gasteiger partial charge in [0.05, 0.1) is 5.56 Å². The number of nitriles is 1. The average molecular weight is 281 g/mol. The molecule has 1 saturated heterocycles. The van der Waals surface area contributed by atoms with Crippen molar-refractivity contribution in [3.8, 4) is 6.07 Å². The molecule has 1 saturated carbocycles. The highest BCUT2D eigenvalue weighted by atomic mass is 19.4. The monoisotopic (exact) mass is 281 g/mol. The normalized spacial score (nSPS) is 21.1. The number of hydrogen-bond donors (Lipinski definition) is 1. The molecule has 0 amide bonds. The molecule has 2 heterocycles. The van der Waals surface area contributed by atoms with E-state index in [1.807, 2.05) is 0 Å². The largest absolute Gasteiger partial charge is 0.419 e. The maximum Gasteiger partial charge on any atom is 0.419 e. The molecule has 106 valence electrons. The van der Waals surface area contributed by atoms with E-state index in [0.717, 1.165) is 32.0 Å². The van der Waals surface area contributed by atoms with E-state index in [1.54, 1.807) is 0 Å². The van der Waals surface area contributed by atoms with Gasteiger partial charge in [0.1, 0.15) is 6.07 Å². The van der Waals surface area contributed by atoms with Crippen LogP contribution >= 0.6 is 0 Å². The Morgan fingerprint density at radius 1 is 1.40 bits per heavy atom. The van der Waals surface area contributed by atoms with E-state index in [-0.39, 0.29) is 0 Å².